The average molecular weight is 500 g/mol. The molecule has 3 N–H and O–H groups in total. The molecule has 0 amide bonds. The Balaban J connectivity index is 1.81. The standard InChI is InChI=1S/C31H37N3O3/c1-30(2,3)23-15-22(16-24(28(23)37)31(4,5)6)27(36)18-34-26-14-10-9-13-25(26)33(29(34)32)17-20-11-7-8-12-21(20)19-35/h7-16,32,35,37H,17-19H2,1-6H3. The van der Waals surface area contributed by atoms with Crippen LogP contribution >= 0.6 is 0 Å². The maximum atomic E-state index is 13.7. The van der Waals surface area contributed by atoms with Gasteiger partial charge in [-0.15, -0.1) is 0 Å². The first kappa shape index (κ1) is 26.4. The van der Waals surface area contributed by atoms with Crippen molar-refractivity contribution in [1.82, 2.24) is 9.13 Å². The number of hydrogen-bond donors (Lipinski definition) is 3. The number of nitrogens with zero attached hydrogens (tertiary/aromatic N) is 2. The van der Waals surface area contributed by atoms with Crippen molar-refractivity contribution in [3.63, 3.8) is 0 Å². The van der Waals surface area contributed by atoms with Crippen molar-refractivity contribution in [3.8, 4) is 5.75 Å². The summed E-state index contributed by atoms with van der Waals surface area (Å²) < 4.78 is 3.61. The van der Waals surface area contributed by atoms with Crippen molar-refractivity contribution in [3.05, 3.63) is 94.1 Å². The first-order valence-corrected chi connectivity index (χ1v) is 12.6. The highest BCUT2D eigenvalue weighted by Gasteiger charge is 2.28. The first-order valence-electron chi connectivity index (χ1n) is 12.6. The third-order valence-electron chi connectivity index (χ3n) is 6.94. The molecule has 0 atom stereocenters. The molecular weight excluding hydrogens is 462 g/mol. The lowest BCUT2D eigenvalue weighted by Crippen LogP contribution is -2.28. The predicted octanol–water partition coefficient (Wildman–Crippen LogP) is 5.65. The molecule has 0 unspecified atom stereocenters. The molecule has 37 heavy (non-hydrogen) atoms. The fourth-order valence-corrected chi connectivity index (χ4v) is 4.82. The molecule has 1 heterocycles. The van der Waals surface area contributed by atoms with Crippen LogP contribution in [0.2, 0.25) is 0 Å². The second-order valence-corrected chi connectivity index (χ2v) is 11.8. The van der Waals surface area contributed by atoms with Crippen molar-refractivity contribution >= 4 is 16.8 Å². The fraction of sp³-hybridized carbons (Fsp3) is 0.355. The predicted molar refractivity (Wildman–Crippen MR) is 147 cm³/mol. The smallest absolute Gasteiger partial charge is 0.203 e. The molecule has 0 aliphatic carbocycles. The van der Waals surface area contributed by atoms with E-state index in [-0.39, 0.29) is 41.1 Å². The number of carbonyl (C=O) groups is 1. The quantitative estimate of drug-likeness (QED) is 0.300. The number of rotatable bonds is 6. The van der Waals surface area contributed by atoms with Crippen LogP contribution in [0.3, 0.4) is 0 Å². The molecule has 1 aromatic heterocycles. The van der Waals surface area contributed by atoms with Gasteiger partial charge in [-0.05, 0) is 46.2 Å². The van der Waals surface area contributed by atoms with E-state index >= 15 is 0 Å². The van der Waals surface area contributed by atoms with Crippen LogP contribution < -0.4 is 5.62 Å². The Hall–Kier alpha value is -3.64. The van der Waals surface area contributed by atoms with Crippen LogP contribution in [0.5, 0.6) is 5.75 Å². The van der Waals surface area contributed by atoms with Gasteiger partial charge in [-0.25, -0.2) is 0 Å². The van der Waals surface area contributed by atoms with Gasteiger partial charge in [-0.2, -0.15) is 0 Å². The summed E-state index contributed by atoms with van der Waals surface area (Å²) in [5.74, 6) is 0.123. The number of Topliss-reactive ketones (excluding diaryl/α,β-unsaturated/α-hetero) is 1. The molecule has 0 spiro atoms. The number of nitrogens with one attached hydrogen (secondary N) is 1. The topological polar surface area (TPSA) is 91.2 Å². The fourth-order valence-electron chi connectivity index (χ4n) is 4.82. The monoisotopic (exact) mass is 499 g/mol. The second kappa shape index (κ2) is 9.67. The van der Waals surface area contributed by atoms with Gasteiger partial charge in [-0.1, -0.05) is 77.9 Å². The Morgan fingerprint density at radius 2 is 1.30 bits per heavy atom. The van der Waals surface area contributed by atoms with E-state index in [0.29, 0.717) is 12.1 Å². The largest absolute Gasteiger partial charge is 0.507 e. The molecule has 6 heteroatoms. The number of phenols is 1. The summed E-state index contributed by atoms with van der Waals surface area (Å²) in [6.45, 7) is 12.5. The summed E-state index contributed by atoms with van der Waals surface area (Å²) in [6.07, 6.45) is 0. The van der Waals surface area contributed by atoms with Crippen LogP contribution in [0.15, 0.2) is 60.7 Å². The number of phenolic OH excluding ortho intramolecular Hbond substituents is 1. The minimum absolute atomic E-state index is 0.00589. The Labute approximate surface area is 218 Å². The third-order valence-corrected chi connectivity index (χ3v) is 6.94. The summed E-state index contributed by atoms with van der Waals surface area (Å²) in [6, 6.07) is 18.9. The highest BCUT2D eigenvalue weighted by Crippen LogP contribution is 2.40. The molecule has 0 saturated heterocycles. The van der Waals surface area contributed by atoms with E-state index in [2.05, 4.69) is 0 Å². The number of aliphatic hydroxyl groups is 1. The zero-order valence-corrected chi connectivity index (χ0v) is 22.6. The molecule has 194 valence electrons. The van der Waals surface area contributed by atoms with Gasteiger partial charge in [0.05, 0.1) is 30.7 Å². The summed E-state index contributed by atoms with van der Waals surface area (Å²) in [4.78, 5) is 13.7. The zero-order chi connectivity index (χ0) is 27.1. The summed E-state index contributed by atoms with van der Waals surface area (Å²) in [7, 11) is 0. The molecule has 0 saturated carbocycles. The Morgan fingerprint density at radius 1 is 0.811 bits per heavy atom. The van der Waals surface area contributed by atoms with Crippen molar-refractivity contribution < 1.29 is 15.0 Å². The van der Waals surface area contributed by atoms with Crippen LogP contribution in [0.1, 0.15) is 74.2 Å². The van der Waals surface area contributed by atoms with Crippen molar-refractivity contribution in [2.75, 3.05) is 0 Å². The minimum Gasteiger partial charge on any atom is -0.507 e. The number of para-hydroxylation sites is 2. The number of hydrogen-bond acceptors (Lipinski definition) is 4. The van der Waals surface area contributed by atoms with Gasteiger partial charge in [0.25, 0.3) is 0 Å². The summed E-state index contributed by atoms with van der Waals surface area (Å²) in [5, 5.41) is 29.8. The van der Waals surface area contributed by atoms with E-state index < -0.39 is 0 Å². The molecule has 0 bridgehead atoms. The molecule has 0 fully saturated rings. The zero-order valence-electron chi connectivity index (χ0n) is 22.6. The highest BCUT2D eigenvalue weighted by atomic mass is 16.3. The molecule has 0 aliphatic heterocycles. The minimum atomic E-state index is -0.343. The lowest BCUT2D eigenvalue weighted by molar-refractivity contribution is 0.0971. The average Bonchev–Trinajstić information content (AvgIpc) is 3.09. The van der Waals surface area contributed by atoms with Gasteiger partial charge in [-0.3, -0.25) is 10.2 Å². The summed E-state index contributed by atoms with van der Waals surface area (Å²) >= 11 is 0. The lowest BCUT2D eigenvalue weighted by Gasteiger charge is -2.28. The molecule has 3 aromatic carbocycles. The number of imidazole rings is 1. The molecule has 4 rings (SSSR count). The van der Waals surface area contributed by atoms with Crippen molar-refractivity contribution in [2.24, 2.45) is 0 Å². The van der Waals surface area contributed by atoms with Crippen LogP contribution in [0.4, 0.5) is 0 Å². The molecule has 0 aliphatic rings. The number of aromatic hydroxyl groups is 1. The van der Waals surface area contributed by atoms with Gasteiger partial charge >= 0.3 is 0 Å². The van der Waals surface area contributed by atoms with Gasteiger partial charge in [0.2, 0.25) is 5.62 Å². The van der Waals surface area contributed by atoms with E-state index in [1.807, 2.05) is 94.6 Å². The number of fused-ring (bicyclic) bond motifs is 1. The maximum Gasteiger partial charge on any atom is 0.203 e. The first-order chi connectivity index (χ1) is 17.3. The van der Waals surface area contributed by atoms with Gasteiger partial charge in [0, 0.05) is 16.7 Å². The molecular formula is C31H37N3O3. The normalized spacial score (nSPS) is 12.3. The Morgan fingerprint density at radius 3 is 1.81 bits per heavy atom. The highest BCUT2D eigenvalue weighted by molar-refractivity contribution is 5.97. The molecule has 6 nitrogen and oxygen atoms in total. The number of aliphatic hydroxyl groups excluding tert-OH is 1. The van der Waals surface area contributed by atoms with Crippen LogP contribution in [-0.4, -0.2) is 25.1 Å². The molecule has 4 aromatic rings. The lowest BCUT2D eigenvalue weighted by atomic mass is 9.78. The van der Waals surface area contributed by atoms with Gasteiger partial charge in [0.15, 0.2) is 5.78 Å². The van der Waals surface area contributed by atoms with Crippen LogP contribution in [-0.2, 0) is 30.5 Å². The van der Waals surface area contributed by atoms with Gasteiger partial charge < -0.3 is 19.3 Å². The van der Waals surface area contributed by atoms with Crippen LogP contribution in [0.25, 0.3) is 11.0 Å². The van der Waals surface area contributed by atoms with Crippen molar-refractivity contribution in [2.45, 2.75) is 72.1 Å². The summed E-state index contributed by atoms with van der Waals surface area (Å²) in [5.41, 5.74) is 4.93. The Kier molecular flexibility index (Phi) is 6.91. The van der Waals surface area contributed by atoms with Gasteiger partial charge in [0.1, 0.15) is 5.75 Å². The van der Waals surface area contributed by atoms with Crippen LogP contribution in [0, 0.1) is 5.41 Å². The van der Waals surface area contributed by atoms with E-state index in [1.165, 1.54) is 0 Å². The molecule has 0 radical (unpaired) electrons. The second-order valence-electron chi connectivity index (χ2n) is 11.8. The number of carbonyl (C=O) groups excluding carboxylic acids is 1. The third kappa shape index (κ3) is 5.12. The van der Waals surface area contributed by atoms with Crippen molar-refractivity contribution in [1.29, 1.82) is 5.41 Å². The van der Waals surface area contributed by atoms with E-state index in [0.717, 1.165) is 33.3 Å². The van der Waals surface area contributed by atoms with E-state index in [9.17, 15) is 15.0 Å². The number of ketones is 1. The number of aromatic nitrogens is 2. The van der Waals surface area contributed by atoms with E-state index in [4.69, 9.17) is 5.41 Å². The SMILES string of the molecule is CC(C)(C)c1cc(C(=O)Cn2c(=N)n(Cc3ccccc3CO)c3ccccc32)cc(C(C)(C)C)c1O. The Bertz CT molecular complexity index is 1490. The maximum absolute atomic E-state index is 13.7. The number of benzene rings is 3. The van der Waals surface area contributed by atoms with E-state index in [1.54, 1.807) is 16.7 Å².